The van der Waals surface area contributed by atoms with Crippen LogP contribution >= 0.6 is 0 Å². The Hall–Kier alpha value is -8.66. The number of benzene rings is 11. The van der Waals surface area contributed by atoms with Crippen molar-refractivity contribution in [2.24, 2.45) is 0 Å². The monoisotopic (exact) mass is 830 g/mol. The molecule has 0 aromatic heterocycles. The lowest BCUT2D eigenvalue weighted by Crippen LogP contribution is -2.13. The topological polar surface area (TPSA) is 15.7 Å². The number of fused-ring (bicyclic) bond motifs is 3. The second kappa shape index (κ2) is 16.2. The Bertz CT molecular complexity index is 3390. The molecule has 0 N–H and O–H groups in total. The first-order valence-electron chi connectivity index (χ1n) is 22.2. The van der Waals surface area contributed by atoms with Crippen molar-refractivity contribution in [2.45, 2.75) is 0 Å². The molecule has 1 aliphatic rings. The van der Waals surface area contributed by atoms with E-state index in [4.69, 9.17) is 4.74 Å². The van der Waals surface area contributed by atoms with Crippen LogP contribution in [-0.4, -0.2) is 0 Å². The highest BCUT2D eigenvalue weighted by molar-refractivity contribution is 6.13. The highest BCUT2D eigenvalue weighted by Crippen LogP contribution is 2.55. The van der Waals surface area contributed by atoms with Crippen molar-refractivity contribution in [3.63, 3.8) is 0 Å². The van der Waals surface area contributed by atoms with Crippen molar-refractivity contribution in [1.82, 2.24) is 0 Å². The van der Waals surface area contributed by atoms with Crippen LogP contribution in [0.2, 0.25) is 0 Å². The molecule has 3 nitrogen and oxygen atoms in total. The van der Waals surface area contributed by atoms with Crippen LogP contribution in [0.15, 0.2) is 255 Å². The molecule has 0 unspecified atom stereocenters. The number of hydrogen-bond donors (Lipinski definition) is 0. The van der Waals surface area contributed by atoms with E-state index in [0.717, 1.165) is 67.5 Å². The van der Waals surface area contributed by atoms with E-state index in [2.05, 4.69) is 265 Å². The fourth-order valence-corrected chi connectivity index (χ4v) is 9.53. The van der Waals surface area contributed by atoms with Crippen LogP contribution in [-0.2, 0) is 0 Å². The van der Waals surface area contributed by atoms with E-state index < -0.39 is 0 Å². The zero-order valence-corrected chi connectivity index (χ0v) is 35.6. The smallest absolute Gasteiger partial charge is 0.159 e. The van der Waals surface area contributed by atoms with Gasteiger partial charge in [-0.3, -0.25) is 0 Å². The molecule has 65 heavy (non-hydrogen) atoms. The van der Waals surface area contributed by atoms with E-state index in [1.165, 1.54) is 44.2 Å². The first kappa shape index (κ1) is 38.0. The zero-order chi connectivity index (χ0) is 43.1. The van der Waals surface area contributed by atoms with Crippen molar-refractivity contribution in [2.75, 3.05) is 9.80 Å². The van der Waals surface area contributed by atoms with Gasteiger partial charge in [-0.2, -0.15) is 0 Å². The van der Waals surface area contributed by atoms with Gasteiger partial charge in [-0.15, -0.1) is 0 Å². The van der Waals surface area contributed by atoms with Gasteiger partial charge in [0, 0.05) is 38.8 Å². The maximum absolute atomic E-state index is 7.21. The SMILES string of the molecule is c1ccc(-c2ccc(N(c3ccc(-c4ccccc4)cc3)c3cccc4c3Oc3ccc(N(c5ccc(-c6ccccc6)cc5)c5cccc6ccccc56)c5cccc-4c35)cc2)cc1. The van der Waals surface area contributed by atoms with Crippen LogP contribution in [0.4, 0.5) is 34.1 Å². The fraction of sp³-hybridized carbons (Fsp3) is 0. The first-order chi connectivity index (χ1) is 32.2. The predicted octanol–water partition coefficient (Wildman–Crippen LogP) is 17.7. The molecule has 0 aliphatic carbocycles. The molecule has 306 valence electrons. The Balaban J connectivity index is 1.01. The van der Waals surface area contributed by atoms with Gasteiger partial charge < -0.3 is 14.5 Å². The van der Waals surface area contributed by atoms with E-state index in [0.29, 0.717) is 0 Å². The van der Waals surface area contributed by atoms with Gasteiger partial charge >= 0.3 is 0 Å². The van der Waals surface area contributed by atoms with E-state index in [1.807, 2.05) is 0 Å². The third kappa shape index (κ3) is 6.87. The normalized spacial score (nSPS) is 11.5. The standard InChI is InChI=1S/C62H42N2O/c1-4-15-43(16-5-1)46-29-35-50(36-30-46)63(51-37-31-47(32-38-51)44-17-6-2-7-18-44)59-28-14-25-55-54-24-13-26-56-58(41-42-60(61(54)56)65-62(55)59)64(57-27-12-22-49-21-10-11-23-53(49)57)52-39-33-48(34-40-52)45-19-8-3-9-20-45/h1-42H. The summed E-state index contributed by atoms with van der Waals surface area (Å²) in [7, 11) is 0. The van der Waals surface area contributed by atoms with Crippen molar-refractivity contribution in [3.05, 3.63) is 255 Å². The molecule has 0 atom stereocenters. The molecule has 0 radical (unpaired) electrons. The second-order valence-corrected chi connectivity index (χ2v) is 16.5. The molecule has 1 aliphatic heterocycles. The molecular weight excluding hydrogens is 789 g/mol. The minimum atomic E-state index is 0.821. The van der Waals surface area contributed by atoms with Crippen LogP contribution in [0.25, 0.3) is 66.1 Å². The summed E-state index contributed by atoms with van der Waals surface area (Å²) in [4.78, 5) is 4.73. The van der Waals surface area contributed by atoms with Gasteiger partial charge in [0.2, 0.25) is 0 Å². The summed E-state index contributed by atoms with van der Waals surface area (Å²) in [6, 6.07) is 91.1. The summed E-state index contributed by atoms with van der Waals surface area (Å²) in [5.74, 6) is 1.65. The number of nitrogens with zero attached hydrogens (tertiary/aromatic N) is 2. The van der Waals surface area contributed by atoms with Gasteiger partial charge in [-0.1, -0.05) is 194 Å². The summed E-state index contributed by atoms with van der Waals surface area (Å²) in [5, 5.41) is 4.58. The molecule has 1 heterocycles. The van der Waals surface area contributed by atoms with Crippen molar-refractivity contribution >= 4 is 55.7 Å². The summed E-state index contributed by atoms with van der Waals surface area (Å²) in [6.07, 6.45) is 0. The first-order valence-corrected chi connectivity index (χ1v) is 22.2. The molecule has 11 aromatic carbocycles. The van der Waals surface area contributed by atoms with Gasteiger partial charge in [0.1, 0.15) is 5.75 Å². The molecule has 0 bridgehead atoms. The van der Waals surface area contributed by atoms with E-state index >= 15 is 0 Å². The third-order valence-corrected chi connectivity index (χ3v) is 12.7. The van der Waals surface area contributed by atoms with Crippen molar-refractivity contribution in [1.29, 1.82) is 0 Å². The van der Waals surface area contributed by atoms with Crippen LogP contribution in [0, 0.1) is 0 Å². The van der Waals surface area contributed by atoms with Crippen LogP contribution in [0.5, 0.6) is 11.5 Å². The Kier molecular flexibility index (Phi) is 9.50. The summed E-state index contributed by atoms with van der Waals surface area (Å²) in [5.41, 5.74) is 15.6. The number of rotatable bonds is 9. The molecular formula is C62H42N2O. The second-order valence-electron chi connectivity index (χ2n) is 16.5. The van der Waals surface area contributed by atoms with Crippen molar-refractivity contribution < 1.29 is 4.74 Å². The van der Waals surface area contributed by atoms with E-state index in [1.54, 1.807) is 0 Å². The van der Waals surface area contributed by atoms with Crippen LogP contribution < -0.4 is 14.5 Å². The number of hydrogen-bond acceptors (Lipinski definition) is 3. The lowest BCUT2D eigenvalue weighted by atomic mass is 9.92. The van der Waals surface area contributed by atoms with Crippen LogP contribution in [0.3, 0.4) is 0 Å². The third-order valence-electron chi connectivity index (χ3n) is 12.7. The lowest BCUT2D eigenvalue weighted by Gasteiger charge is -2.32. The highest BCUT2D eigenvalue weighted by Gasteiger charge is 2.28. The fourth-order valence-electron chi connectivity index (χ4n) is 9.53. The minimum Gasteiger partial charge on any atom is -0.454 e. The summed E-state index contributed by atoms with van der Waals surface area (Å²) < 4.78 is 7.21. The molecule has 11 aromatic rings. The Morgan fingerprint density at radius 3 is 1.26 bits per heavy atom. The lowest BCUT2D eigenvalue weighted by molar-refractivity contribution is 0.488. The molecule has 0 saturated carbocycles. The van der Waals surface area contributed by atoms with E-state index in [-0.39, 0.29) is 0 Å². The Morgan fingerprint density at radius 2 is 0.677 bits per heavy atom. The maximum atomic E-state index is 7.21. The average molecular weight is 831 g/mol. The molecule has 0 saturated heterocycles. The Labute approximate surface area is 379 Å². The molecule has 12 rings (SSSR count). The Morgan fingerprint density at radius 1 is 0.262 bits per heavy atom. The molecule has 3 heteroatoms. The summed E-state index contributed by atoms with van der Waals surface area (Å²) in [6.45, 7) is 0. The van der Waals surface area contributed by atoms with Gasteiger partial charge in [0.25, 0.3) is 0 Å². The van der Waals surface area contributed by atoms with Crippen LogP contribution in [0.1, 0.15) is 0 Å². The van der Waals surface area contributed by atoms with Gasteiger partial charge in [0.05, 0.1) is 17.1 Å². The van der Waals surface area contributed by atoms with Crippen molar-refractivity contribution in [3.8, 4) is 56.0 Å². The molecule has 0 amide bonds. The number of anilines is 6. The van der Waals surface area contributed by atoms with Gasteiger partial charge in [0.15, 0.2) is 5.75 Å². The minimum absolute atomic E-state index is 0.821. The molecule has 0 fully saturated rings. The number of ether oxygens (including phenoxy) is 1. The van der Waals surface area contributed by atoms with E-state index in [9.17, 15) is 0 Å². The average Bonchev–Trinajstić information content (AvgIpc) is 3.39. The number of para-hydroxylation sites is 1. The van der Waals surface area contributed by atoms with Gasteiger partial charge in [-0.05, 0) is 105 Å². The largest absolute Gasteiger partial charge is 0.454 e. The molecule has 0 spiro atoms. The zero-order valence-electron chi connectivity index (χ0n) is 35.6. The predicted molar refractivity (Wildman–Crippen MR) is 273 cm³/mol. The maximum Gasteiger partial charge on any atom is 0.159 e. The van der Waals surface area contributed by atoms with Gasteiger partial charge in [-0.25, -0.2) is 0 Å². The highest BCUT2D eigenvalue weighted by atomic mass is 16.5. The quantitative estimate of drug-likeness (QED) is 0.144. The summed E-state index contributed by atoms with van der Waals surface area (Å²) >= 11 is 0.